The van der Waals surface area contributed by atoms with Gasteiger partial charge in [-0.25, -0.2) is 0 Å². The van der Waals surface area contributed by atoms with E-state index in [9.17, 15) is 5.11 Å². The maximum absolute atomic E-state index is 9.26. The first-order chi connectivity index (χ1) is 5.20. The Morgan fingerprint density at radius 1 is 1.45 bits per heavy atom. The van der Waals surface area contributed by atoms with Crippen molar-refractivity contribution in [1.29, 1.82) is 0 Å². The molecule has 1 heterocycles. The molecule has 4 nitrogen and oxygen atoms in total. The van der Waals surface area contributed by atoms with Crippen molar-refractivity contribution in [1.82, 2.24) is 0 Å². The van der Waals surface area contributed by atoms with Gasteiger partial charge in [0.2, 0.25) is 0 Å². The van der Waals surface area contributed by atoms with E-state index in [4.69, 9.17) is 14.6 Å². The largest absolute Gasteiger partial charge is 0.385 e. The molecule has 0 spiro atoms. The van der Waals surface area contributed by atoms with Crippen molar-refractivity contribution < 1.29 is 19.7 Å². The second kappa shape index (κ2) is 3.49. The zero-order valence-electron chi connectivity index (χ0n) is 6.73. The average molecular weight is 162 g/mol. The van der Waals surface area contributed by atoms with Crippen LogP contribution in [0.3, 0.4) is 0 Å². The standard InChI is InChI=1S/C7H14O4/c1-3-4-6(10-2)5(8)7(9)11-4/h4-9H,3H2,1-2H3. The number of rotatable bonds is 2. The predicted octanol–water partition coefficient (Wildman–Crippen LogP) is -0.511. The van der Waals surface area contributed by atoms with Crippen molar-refractivity contribution in [3.8, 4) is 0 Å². The Labute approximate surface area is 65.7 Å². The first-order valence-corrected chi connectivity index (χ1v) is 3.75. The molecule has 1 saturated heterocycles. The lowest BCUT2D eigenvalue weighted by molar-refractivity contribution is -0.127. The van der Waals surface area contributed by atoms with Crippen molar-refractivity contribution in [3.63, 3.8) is 0 Å². The highest BCUT2D eigenvalue weighted by Gasteiger charge is 2.41. The van der Waals surface area contributed by atoms with Crippen LogP contribution in [0, 0.1) is 0 Å². The number of hydrogen-bond acceptors (Lipinski definition) is 4. The summed E-state index contributed by atoms with van der Waals surface area (Å²) >= 11 is 0. The SMILES string of the molecule is CCC1OC(O)C(O)C1OC. The van der Waals surface area contributed by atoms with Crippen LogP contribution in [0.5, 0.6) is 0 Å². The van der Waals surface area contributed by atoms with Crippen molar-refractivity contribution >= 4 is 0 Å². The van der Waals surface area contributed by atoms with Gasteiger partial charge in [-0.3, -0.25) is 0 Å². The van der Waals surface area contributed by atoms with Crippen molar-refractivity contribution in [2.75, 3.05) is 7.11 Å². The maximum atomic E-state index is 9.26. The minimum absolute atomic E-state index is 0.190. The third-order valence-corrected chi connectivity index (χ3v) is 1.98. The van der Waals surface area contributed by atoms with Crippen LogP contribution in [0.1, 0.15) is 13.3 Å². The average Bonchev–Trinajstić information content (AvgIpc) is 2.28. The lowest BCUT2D eigenvalue weighted by Gasteiger charge is -2.15. The van der Waals surface area contributed by atoms with E-state index in [0.29, 0.717) is 0 Å². The molecular weight excluding hydrogens is 148 g/mol. The molecular formula is C7H14O4. The Hall–Kier alpha value is -0.160. The first kappa shape index (κ1) is 8.93. The maximum Gasteiger partial charge on any atom is 0.183 e. The molecule has 0 aromatic carbocycles. The van der Waals surface area contributed by atoms with E-state index in [0.717, 1.165) is 6.42 Å². The van der Waals surface area contributed by atoms with E-state index in [1.54, 1.807) is 0 Å². The molecule has 1 aliphatic rings. The Bertz CT molecular complexity index is 128. The summed E-state index contributed by atoms with van der Waals surface area (Å²) in [6.45, 7) is 1.92. The molecule has 4 atom stereocenters. The second-order valence-electron chi connectivity index (χ2n) is 2.66. The molecule has 66 valence electrons. The van der Waals surface area contributed by atoms with Crippen molar-refractivity contribution in [3.05, 3.63) is 0 Å². The summed E-state index contributed by atoms with van der Waals surface area (Å²) in [7, 11) is 1.50. The van der Waals surface area contributed by atoms with Gasteiger partial charge in [0, 0.05) is 7.11 Å². The summed E-state index contributed by atoms with van der Waals surface area (Å²) in [5.74, 6) is 0. The van der Waals surface area contributed by atoms with Gasteiger partial charge >= 0.3 is 0 Å². The Morgan fingerprint density at radius 2 is 2.09 bits per heavy atom. The summed E-state index contributed by atoms with van der Waals surface area (Å²) < 4.78 is 9.97. The molecule has 0 saturated carbocycles. The Kier molecular flexibility index (Phi) is 2.84. The molecule has 1 fully saturated rings. The highest BCUT2D eigenvalue weighted by Crippen LogP contribution is 2.23. The quantitative estimate of drug-likeness (QED) is 0.574. The van der Waals surface area contributed by atoms with Gasteiger partial charge in [-0.1, -0.05) is 6.92 Å². The van der Waals surface area contributed by atoms with Gasteiger partial charge in [0.25, 0.3) is 0 Å². The number of methoxy groups -OCH3 is 1. The second-order valence-corrected chi connectivity index (χ2v) is 2.66. The van der Waals surface area contributed by atoms with Crippen LogP contribution in [-0.2, 0) is 9.47 Å². The molecule has 4 heteroatoms. The van der Waals surface area contributed by atoms with E-state index in [2.05, 4.69) is 0 Å². The van der Waals surface area contributed by atoms with Gasteiger partial charge in [-0.05, 0) is 6.42 Å². The molecule has 0 bridgehead atoms. The third kappa shape index (κ3) is 1.54. The van der Waals surface area contributed by atoms with E-state index in [1.807, 2.05) is 6.92 Å². The summed E-state index contributed by atoms with van der Waals surface area (Å²) in [5.41, 5.74) is 0. The summed E-state index contributed by atoms with van der Waals surface area (Å²) in [6.07, 6.45) is -1.86. The zero-order chi connectivity index (χ0) is 8.43. The molecule has 4 unspecified atom stereocenters. The van der Waals surface area contributed by atoms with Crippen LogP contribution in [0.15, 0.2) is 0 Å². The molecule has 2 N–H and O–H groups in total. The van der Waals surface area contributed by atoms with Gasteiger partial charge < -0.3 is 19.7 Å². The van der Waals surface area contributed by atoms with Crippen molar-refractivity contribution in [2.45, 2.75) is 37.9 Å². The number of hydrogen-bond donors (Lipinski definition) is 2. The molecule has 0 aromatic heterocycles. The minimum Gasteiger partial charge on any atom is -0.385 e. The summed E-state index contributed by atoms with van der Waals surface area (Å²) in [6, 6.07) is 0. The highest BCUT2D eigenvalue weighted by atomic mass is 16.7. The Balaban J connectivity index is 2.57. The van der Waals surface area contributed by atoms with Gasteiger partial charge in [-0.15, -0.1) is 0 Å². The van der Waals surface area contributed by atoms with E-state index in [1.165, 1.54) is 7.11 Å². The normalized spacial score (nSPS) is 44.7. The fraction of sp³-hybridized carbons (Fsp3) is 1.00. The number of ether oxygens (including phenoxy) is 2. The van der Waals surface area contributed by atoms with Gasteiger partial charge in [-0.2, -0.15) is 0 Å². The molecule has 1 aliphatic heterocycles. The monoisotopic (exact) mass is 162 g/mol. The van der Waals surface area contributed by atoms with Gasteiger partial charge in [0.15, 0.2) is 6.29 Å². The third-order valence-electron chi connectivity index (χ3n) is 1.98. The molecule has 1 rings (SSSR count). The number of aliphatic hydroxyl groups is 2. The molecule has 0 amide bonds. The minimum atomic E-state index is -1.09. The zero-order valence-corrected chi connectivity index (χ0v) is 6.73. The van der Waals surface area contributed by atoms with Crippen LogP contribution < -0.4 is 0 Å². The van der Waals surface area contributed by atoms with Crippen LogP contribution >= 0.6 is 0 Å². The predicted molar refractivity (Wildman–Crippen MR) is 38.0 cm³/mol. The summed E-state index contributed by atoms with van der Waals surface area (Å²) in [4.78, 5) is 0. The van der Waals surface area contributed by atoms with Crippen molar-refractivity contribution in [2.24, 2.45) is 0 Å². The van der Waals surface area contributed by atoms with Crippen LogP contribution in [0.4, 0.5) is 0 Å². The molecule has 0 aliphatic carbocycles. The van der Waals surface area contributed by atoms with Crippen LogP contribution in [0.25, 0.3) is 0 Å². The fourth-order valence-corrected chi connectivity index (χ4v) is 1.34. The smallest absolute Gasteiger partial charge is 0.183 e. The number of aliphatic hydroxyl groups excluding tert-OH is 2. The van der Waals surface area contributed by atoms with Crippen LogP contribution in [-0.4, -0.2) is 41.9 Å². The molecule has 0 aromatic rings. The van der Waals surface area contributed by atoms with E-state index < -0.39 is 18.5 Å². The van der Waals surface area contributed by atoms with Crippen LogP contribution in [0.2, 0.25) is 0 Å². The summed E-state index contributed by atoms with van der Waals surface area (Å²) in [5, 5.41) is 18.3. The van der Waals surface area contributed by atoms with E-state index >= 15 is 0 Å². The lowest BCUT2D eigenvalue weighted by Crippen LogP contribution is -2.33. The Morgan fingerprint density at radius 3 is 2.45 bits per heavy atom. The molecule has 0 radical (unpaired) electrons. The van der Waals surface area contributed by atoms with Gasteiger partial charge in [0.05, 0.1) is 6.10 Å². The topological polar surface area (TPSA) is 58.9 Å². The van der Waals surface area contributed by atoms with Gasteiger partial charge in [0.1, 0.15) is 12.2 Å². The lowest BCUT2D eigenvalue weighted by atomic mass is 10.1. The first-order valence-electron chi connectivity index (χ1n) is 3.75. The fourth-order valence-electron chi connectivity index (χ4n) is 1.34. The highest BCUT2D eigenvalue weighted by molar-refractivity contribution is 4.85. The van der Waals surface area contributed by atoms with E-state index in [-0.39, 0.29) is 6.10 Å². The molecule has 11 heavy (non-hydrogen) atoms.